The van der Waals surface area contributed by atoms with Crippen LogP contribution in [0.25, 0.3) is 0 Å². The van der Waals surface area contributed by atoms with Gasteiger partial charge in [-0.3, -0.25) is 0 Å². The molecule has 2 aliphatic rings. The molecule has 0 atom stereocenters. The number of hydrogen-bond acceptors (Lipinski definition) is 1. The van der Waals surface area contributed by atoms with Gasteiger partial charge in [0, 0.05) is 18.1 Å². The first-order valence-electron chi connectivity index (χ1n) is 3.39. The van der Waals surface area contributed by atoms with E-state index in [0.717, 1.165) is 0 Å². The Morgan fingerprint density at radius 1 is 1.33 bits per heavy atom. The van der Waals surface area contributed by atoms with Crippen molar-refractivity contribution < 1.29 is 0 Å². The van der Waals surface area contributed by atoms with E-state index < -0.39 is 0 Å². The smallest absolute Gasteiger partial charge is 0.0463 e. The zero-order chi connectivity index (χ0) is 6.10. The van der Waals surface area contributed by atoms with E-state index in [1.54, 1.807) is 0 Å². The van der Waals surface area contributed by atoms with Gasteiger partial charge < -0.3 is 0 Å². The van der Waals surface area contributed by atoms with Crippen LogP contribution in [0.15, 0.2) is 23.9 Å². The summed E-state index contributed by atoms with van der Waals surface area (Å²) in [5.41, 5.74) is 2.77. The molecular weight excluding hydrogens is 110 g/mol. The van der Waals surface area contributed by atoms with Gasteiger partial charge in [-0.05, 0) is 18.9 Å². The number of nitrogens with zero attached hydrogens (tertiary/aromatic N) is 1. The molecule has 0 aromatic heterocycles. The van der Waals surface area contributed by atoms with E-state index in [9.17, 15) is 0 Å². The molecule has 2 rings (SSSR count). The van der Waals surface area contributed by atoms with Crippen molar-refractivity contribution in [3.8, 4) is 0 Å². The second kappa shape index (κ2) is 1.83. The maximum Gasteiger partial charge on any atom is 0.257 e. The third kappa shape index (κ3) is 0.727. The Morgan fingerprint density at radius 2 is 2.33 bits per heavy atom. The Kier molecular flexibility index (Phi) is 1.01. The lowest BCUT2D eigenvalue weighted by molar-refractivity contribution is 0.946. The van der Waals surface area contributed by atoms with Gasteiger partial charge in [0.15, 0.2) is 0 Å². The summed E-state index contributed by atoms with van der Waals surface area (Å²) in [7, 11) is 0. The fourth-order valence-electron chi connectivity index (χ4n) is 1.37. The Hall–Kier alpha value is -0.850. The molecule has 0 unspecified atom stereocenters. The number of aliphatic imine (C=N–C) groups is 1. The highest BCUT2D eigenvalue weighted by atomic mass is 14.7. The summed E-state index contributed by atoms with van der Waals surface area (Å²) in [6, 6.07) is 0. The van der Waals surface area contributed by atoms with E-state index in [4.69, 9.17) is 0 Å². The first-order chi connectivity index (χ1) is 4.47. The van der Waals surface area contributed by atoms with Crippen molar-refractivity contribution in [1.29, 1.82) is 0 Å². The highest BCUT2D eigenvalue weighted by Crippen LogP contribution is 2.21. The minimum absolute atomic E-state index is 1.19. The van der Waals surface area contributed by atoms with Crippen LogP contribution in [-0.4, -0.2) is 5.71 Å². The first-order valence-corrected chi connectivity index (χ1v) is 3.39. The van der Waals surface area contributed by atoms with Gasteiger partial charge in [-0.2, -0.15) is 0 Å². The fraction of sp³-hybridized carbons (Fsp3) is 0.375. The molecule has 1 radical (unpaired) electrons. The average molecular weight is 119 g/mol. The van der Waals surface area contributed by atoms with Crippen molar-refractivity contribution >= 4 is 5.71 Å². The number of fused-ring (bicyclic) bond motifs is 1. The average Bonchev–Trinajstić information content (AvgIpc) is 2.33. The van der Waals surface area contributed by atoms with Crippen LogP contribution < -0.4 is 4.99 Å². The lowest BCUT2D eigenvalue weighted by atomic mass is 10.1. The molecule has 0 amide bonds. The number of hydrogen-bond donors (Lipinski definition) is 0. The van der Waals surface area contributed by atoms with Crippen LogP contribution in [0.3, 0.4) is 0 Å². The van der Waals surface area contributed by atoms with Crippen LogP contribution in [0.1, 0.15) is 19.3 Å². The van der Waals surface area contributed by atoms with Crippen molar-refractivity contribution in [1.82, 2.24) is 4.99 Å². The van der Waals surface area contributed by atoms with E-state index in [1.165, 1.54) is 30.5 Å². The first kappa shape index (κ1) is 4.98. The summed E-state index contributed by atoms with van der Waals surface area (Å²) in [4.78, 5) is 4.26. The summed E-state index contributed by atoms with van der Waals surface area (Å²) < 4.78 is 0. The molecule has 0 bridgehead atoms. The third-order valence-electron chi connectivity index (χ3n) is 1.84. The van der Waals surface area contributed by atoms with Gasteiger partial charge in [0.25, 0.3) is 5.71 Å². The van der Waals surface area contributed by atoms with Gasteiger partial charge in [0.1, 0.15) is 0 Å². The third-order valence-corrected chi connectivity index (χ3v) is 1.84. The molecule has 0 saturated heterocycles. The minimum Gasteiger partial charge on any atom is -0.0463 e. The van der Waals surface area contributed by atoms with E-state index in [0.29, 0.717) is 0 Å². The standard InChI is InChI=1S/C8H9N/c1-3-7-4-2-6-9-8(7)5-1/h2,4,6H,1,3,5H2/q+1. The van der Waals surface area contributed by atoms with Gasteiger partial charge >= 0.3 is 0 Å². The summed E-state index contributed by atoms with van der Waals surface area (Å²) in [5.74, 6) is 0. The molecule has 1 heterocycles. The molecule has 0 spiro atoms. The second-order valence-electron chi connectivity index (χ2n) is 2.46. The molecule has 1 saturated carbocycles. The predicted molar refractivity (Wildman–Crippen MR) is 38.2 cm³/mol. The summed E-state index contributed by atoms with van der Waals surface area (Å²) in [6.45, 7) is 0. The van der Waals surface area contributed by atoms with Gasteiger partial charge in [0.2, 0.25) is 6.20 Å². The van der Waals surface area contributed by atoms with Crippen LogP contribution in [-0.2, 0) is 0 Å². The number of rotatable bonds is 0. The maximum atomic E-state index is 4.26. The number of allylic oxidation sites excluding steroid dienone is 3. The van der Waals surface area contributed by atoms with Crippen molar-refractivity contribution in [2.24, 2.45) is 0 Å². The molecule has 45 valence electrons. The van der Waals surface area contributed by atoms with Crippen LogP contribution in [0.4, 0.5) is 0 Å². The molecule has 1 heteroatoms. The monoisotopic (exact) mass is 119 g/mol. The van der Waals surface area contributed by atoms with E-state index in [-0.39, 0.29) is 0 Å². The van der Waals surface area contributed by atoms with Crippen LogP contribution >= 0.6 is 0 Å². The Balaban J connectivity index is 2.42. The molecule has 1 fully saturated rings. The molecule has 9 heavy (non-hydrogen) atoms. The van der Waals surface area contributed by atoms with Gasteiger partial charge in [-0.1, -0.05) is 0 Å². The van der Waals surface area contributed by atoms with Gasteiger partial charge in [0.05, 0.1) is 4.99 Å². The van der Waals surface area contributed by atoms with Crippen LogP contribution in [0.2, 0.25) is 0 Å². The molecule has 1 aliphatic heterocycles. The molecule has 0 N–H and O–H groups in total. The van der Waals surface area contributed by atoms with E-state index >= 15 is 0 Å². The van der Waals surface area contributed by atoms with E-state index in [1.807, 2.05) is 12.3 Å². The van der Waals surface area contributed by atoms with Crippen molar-refractivity contribution in [3.63, 3.8) is 0 Å². The van der Waals surface area contributed by atoms with Crippen molar-refractivity contribution in [2.45, 2.75) is 19.3 Å². The summed E-state index contributed by atoms with van der Waals surface area (Å²) >= 11 is 0. The SMILES string of the molecule is C1=C[N+]=C2CCCC2=C1. The Labute approximate surface area is 54.8 Å². The van der Waals surface area contributed by atoms with E-state index in [2.05, 4.69) is 11.1 Å². The Bertz CT molecular complexity index is 187. The lowest BCUT2D eigenvalue weighted by Crippen LogP contribution is -2.02. The second-order valence-corrected chi connectivity index (χ2v) is 2.46. The van der Waals surface area contributed by atoms with Crippen LogP contribution in [0.5, 0.6) is 0 Å². The Morgan fingerprint density at radius 3 is 3.22 bits per heavy atom. The quantitative estimate of drug-likeness (QED) is 0.457. The predicted octanol–water partition coefficient (Wildman–Crippen LogP) is 1.40. The maximum absolute atomic E-state index is 4.26. The molecular formula is C8H9N+. The zero-order valence-electron chi connectivity index (χ0n) is 5.30. The molecule has 0 aromatic carbocycles. The molecule has 1 nitrogen and oxygen atoms in total. The van der Waals surface area contributed by atoms with Crippen molar-refractivity contribution in [3.05, 3.63) is 23.9 Å². The van der Waals surface area contributed by atoms with Crippen LogP contribution in [0, 0.1) is 0 Å². The largest absolute Gasteiger partial charge is 0.257 e. The lowest BCUT2D eigenvalue weighted by Gasteiger charge is -1.87. The summed E-state index contributed by atoms with van der Waals surface area (Å²) in [6.07, 6.45) is 9.80. The van der Waals surface area contributed by atoms with Crippen molar-refractivity contribution in [2.75, 3.05) is 0 Å². The molecule has 0 aromatic rings. The summed E-state index contributed by atoms with van der Waals surface area (Å²) in [5, 5.41) is 0. The molecule has 1 aliphatic carbocycles. The topological polar surface area (TPSA) is 14.1 Å². The zero-order valence-corrected chi connectivity index (χ0v) is 5.30. The highest BCUT2D eigenvalue weighted by molar-refractivity contribution is 6.02. The van der Waals surface area contributed by atoms with Gasteiger partial charge in [-0.15, -0.1) is 0 Å². The fourth-order valence-corrected chi connectivity index (χ4v) is 1.37. The minimum atomic E-state index is 1.19. The van der Waals surface area contributed by atoms with Gasteiger partial charge in [-0.25, -0.2) is 0 Å². The highest BCUT2D eigenvalue weighted by Gasteiger charge is 2.23. The normalized spacial score (nSPS) is 23.1.